The minimum absolute atomic E-state index is 0.000131. The number of carbonyl (C=O) groups is 4. The number of rotatable bonds is 4. The molecule has 0 radical (unpaired) electrons. The second-order valence-corrected chi connectivity index (χ2v) is 7.63. The van der Waals surface area contributed by atoms with Crippen molar-refractivity contribution < 1.29 is 33.8 Å². The summed E-state index contributed by atoms with van der Waals surface area (Å²) < 4.78 is 11.8. The van der Waals surface area contributed by atoms with E-state index in [4.69, 9.17) is 19.4 Å². The maximum absolute atomic E-state index is 12.6. The molecule has 4 amide bonds. The number of methoxy groups -OCH3 is 1. The molecule has 1 spiro atoms. The predicted molar refractivity (Wildman–Crippen MR) is 109 cm³/mol. The zero-order chi connectivity index (χ0) is 22.4. The summed E-state index contributed by atoms with van der Waals surface area (Å²) in [4.78, 5) is 45.6. The van der Waals surface area contributed by atoms with Gasteiger partial charge in [-0.2, -0.15) is 0 Å². The molecule has 1 aromatic carbocycles. The first-order chi connectivity index (χ1) is 14.9. The van der Waals surface area contributed by atoms with Crippen LogP contribution in [0.25, 0.3) is 0 Å². The number of carbonyl (C=O) groups excluding carboxylic acids is 3. The van der Waals surface area contributed by atoms with Gasteiger partial charge in [0, 0.05) is 25.1 Å². The molecule has 1 atom stereocenters. The third kappa shape index (κ3) is 4.79. The highest BCUT2D eigenvalue weighted by Gasteiger charge is 2.43. The van der Waals surface area contributed by atoms with Crippen LogP contribution in [0.3, 0.4) is 0 Å². The molecular formula is C21H27N3O7. The maximum atomic E-state index is 12.6. The van der Waals surface area contributed by atoms with Crippen molar-refractivity contribution in [2.45, 2.75) is 43.7 Å². The topological polar surface area (TPSA) is 134 Å². The third-order valence-electron chi connectivity index (χ3n) is 5.97. The summed E-state index contributed by atoms with van der Waals surface area (Å²) in [7, 11) is 1.68. The van der Waals surface area contributed by atoms with Crippen molar-refractivity contribution in [3.63, 3.8) is 0 Å². The van der Waals surface area contributed by atoms with Gasteiger partial charge in [-0.25, -0.2) is 4.79 Å². The molecule has 0 bridgehead atoms. The third-order valence-corrected chi connectivity index (χ3v) is 5.97. The van der Waals surface area contributed by atoms with Crippen molar-refractivity contribution in [3.8, 4) is 5.75 Å². The lowest BCUT2D eigenvalue weighted by Crippen LogP contribution is -2.48. The van der Waals surface area contributed by atoms with Gasteiger partial charge < -0.3 is 24.8 Å². The van der Waals surface area contributed by atoms with Crippen LogP contribution in [-0.2, 0) is 31.1 Å². The van der Waals surface area contributed by atoms with E-state index in [1.165, 1.54) is 5.56 Å². The van der Waals surface area contributed by atoms with Crippen LogP contribution in [0.4, 0.5) is 4.79 Å². The standard InChI is InChI=1S/C20H25N3O5.CH2O2/c1-27-15-4-2-3-13-7-12-28-20(17(13)15)8-10-23(11-9-20)16(24)6-5-14-18(25)22-19(26)21-14;2-1-3/h2-4,14H,5-12H2,1H3,(H2,21,22,25,26);1H,(H,2,3)/t14-;/m0./s1. The van der Waals surface area contributed by atoms with Gasteiger partial charge in [0.05, 0.1) is 13.7 Å². The quantitative estimate of drug-likeness (QED) is 0.472. The number of hydrogen-bond acceptors (Lipinski definition) is 6. The number of urea groups is 1. The van der Waals surface area contributed by atoms with E-state index < -0.39 is 17.7 Å². The summed E-state index contributed by atoms with van der Waals surface area (Å²) >= 11 is 0. The molecule has 0 unspecified atom stereocenters. The first kappa shape index (κ1) is 22.5. The molecule has 0 aliphatic carbocycles. The Bertz CT molecular complexity index is 835. The van der Waals surface area contributed by atoms with Crippen molar-refractivity contribution in [1.82, 2.24) is 15.5 Å². The van der Waals surface area contributed by atoms with Gasteiger partial charge in [0.2, 0.25) is 5.91 Å². The fourth-order valence-electron chi connectivity index (χ4n) is 4.50. The number of nitrogens with one attached hydrogen (secondary N) is 2. The summed E-state index contributed by atoms with van der Waals surface area (Å²) in [6.07, 6.45) is 2.84. The van der Waals surface area contributed by atoms with Gasteiger partial charge in [0.25, 0.3) is 12.4 Å². The number of piperidine rings is 1. The van der Waals surface area contributed by atoms with Gasteiger partial charge >= 0.3 is 6.03 Å². The summed E-state index contributed by atoms with van der Waals surface area (Å²) in [5, 5.41) is 11.6. The van der Waals surface area contributed by atoms with Crippen molar-refractivity contribution in [1.29, 1.82) is 0 Å². The van der Waals surface area contributed by atoms with Crippen molar-refractivity contribution >= 4 is 24.3 Å². The lowest BCUT2D eigenvalue weighted by atomic mass is 9.78. The number of amides is 4. The number of fused-ring (bicyclic) bond motifs is 2. The first-order valence-corrected chi connectivity index (χ1v) is 10.2. The smallest absolute Gasteiger partial charge is 0.322 e. The van der Waals surface area contributed by atoms with E-state index in [1.54, 1.807) is 7.11 Å². The summed E-state index contributed by atoms with van der Waals surface area (Å²) in [6, 6.07) is 4.98. The SMILES string of the molecule is COc1cccc2c1C1(CCN(C(=O)CC[C@@H]3NC(=O)NC3=O)CC1)OCC2.O=CO. The Hall–Kier alpha value is -3.14. The Morgan fingerprint density at radius 1 is 1.35 bits per heavy atom. The summed E-state index contributed by atoms with van der Waals surface area (Å²) in [5.41, 5.74) is 1.98. The number of imide groups is 1. The summed E-state index contributed by atoms with van der Waals surface area (Å²) in [5.74, 6) is 0.481. The van der Waals surface area contributed by atoms with E-state index in [1.807, 2.05) is 17.0 Å². The number of ether oxygens (including phenoxy) is 2. The fraction of sp³-hybridized carbons (Fsp3) is 0.524. The molecule has 1 aromatic rings. The molecule has 0 saturated carbocycles. The fourth-order valence-corrected chi connectivity index (χ4v) is 4.50. The molecule has 10 heteroatoms. The van der Waals surface area contributed by atoms with E-state index in [-0.39, 0.29) is 24.7 Å². The Labute approximate surface area is 179 Å². The highest BCUT2D eigenvalue weighted by molar-refractivity contribution is 6.04. The Balaban J connectivity index is 0.000000858. The molecule has 10 nitrogen and oxygen atoms in total. The number of benzene rings is 1. The number of likely N-dealkylation sites (tertiary alicyclic amines) is 1. The molecular weight excluding hydrogens is 406 g/mol. The highest BCUT2D eigenvalue weighted by Crippen LogP contribution is 2.45. The molecule has 168 valence electrons. The normalized spacial score (nSPS) is 21.3. The highest BCUT2D eigenvalue weighted by atomic mass is 16.5. The minimum Gasteiger partial charge on any atom is -0.496 e. The van der Waals surface area contributed by atoms with Crippen LogP contribution in [-0.4, -0.2) is 67.2 Å². The zero-order valence-corrected chi connectivity index (χ0v) is 17.4. The van der Waals surface area contributed by atoms with E-state index in [0.29, 0.717) is 39.0 Å². The van der Waals surface area contributed by atoms with Crippen LogP contribution in [0.2, 0.25) is 0 Å². The summed E-state index contributed by atoms with van der Waals surface area (Å²) in [6.45, 7) is 1.61. The van der Waals surface area contributed by atoms with Crippen LogP contribution in [0, 0.1) is 0 Å². The average molecular weight is 433 g/mol. The zero-order valence-electron chi connectivity index (χ0n) is 17.4. The van der Waals surface area contributed by atoms with Gasteiger partial charge in [-0.1, -0.05) is 12.1 Å². The van der Waals surface area contributed by atoms with Crippen LogP contribution in [0.1, 0.15) is 36.8 Å². The molecule has 3 heterocycles. The molecule has 3 N–H and O–H groups in total. The van der Waals surface area contributed by atoms with Gasteiger partial charge in [0.15, 0.2) is 0 Å². The van der Waals surface area contributed by atoms with Crippen LogP contribution >= 0.6 is 0 Å². The van der Waals surface area contributed by atoms with Crippen molar-refractivity contribution in [3.05, 3.63) is 29.3 Å². The monoisotopic (exact) mass is 433 g/mol. The second-order valence-electron chi connectivity index (χ2n) is 7.63. The van der Waals surface area contributed by atoms with E-state index in [9.17, 15) is 14.4 Å². The van der Waals surface area contributed by atoms with E-state index in [2.05, 4.69) is 16.7 Å². The molecule has 3 aliphatic heterocycles. The van der Waals surface area contributed by atoms with Gasteiger partial charge in [0.1, 0.15) is 17.4 Å². The minimum atomic E-state index is -0.620. The lowest BCUT2D eigenvalue weighted by Gasteiger charge is -2.45. The molecule has 2 fully saturated rings. The predicted octanol–water partition coefficient (Wildman–Crippen LogP) is 0.775. The lowest BCUT2D eigenvalue weighted by molar-refractivity contribution is -0.141. The molecule has 3 aliphatic rings. The Morgan fingerprint density at radius 2 is 2.06 bits per heavy atom. The number of hydrogen-bond donors (Lipinski definition) is 3. The van der Waals surface area contributed by atoms with Crippen LogP contribution < -0.4 is 15.4 Å². The van der Waals surface area contributed by atoms with Crippen molar-refractivity contribution in [2.75, 3.05) is 26.8 Å². The molecule has 4 rings (SSSR count). The van der Waals surface area contributed by atoms with Gasteiger partial charge in [-0.15, -0.1) is 0 Å². The van der Waals surface area contributed by atoms with Crippen molar-refractivity contribution in [2.24, 2.45) is 0 Å². The Morgan fingerprint density at radius 3 is 2.68 bits per heavy atom. The largest absolute Gasteiger partial charge is 0.496 e. The number of nitrogens with zero attached hydrogens (tertiary/aromatic N) is 1. The van der Waals surface area contributed by atoms with E-state index >= 15 is 0 Å². The van der Waals surface area contributed by atoms with Gasteiger partial charge in [-0.05, 0) is 37.3 Å². The molecule has 0 aromatic heterocycles. The second kappa shape index (κ2) is 9.78. The van der Waals surface area contributed by atoms with Gasteiger partial charge in [-0.3, -0.25) is 19.7 Å². The molecule has 2 saturated heterocycles. The maximum Gasteiger partial charge on any atom is 0.322 e. The first-order valence-electron chi connectivity index (χ1n) is 10.2. The van der Waals surface area contributed by atoms with E-state index in [0.717, 1.165) is 17.7 Å². The Kier molecular flexibility index (Phi) is 7.11. The number of carboxylic acid groups (broad SMARTS) is 1. The molecule has 31 heavy (non-hydrogen) atoms. The average Bonchev–Trinajstić information content (AvgIpc) is 3.10. The van der Waals surface area contributed by atoms with Crippen LogP contribution in [0.15, 0.2) is 18.2 Å². The van der Waals surface area contributed by atoms with Crippen LogP contribution in [0.5, 0.6) is 5.75 Å².